The molecule has 0 aromatic rings. The third-order valence-electron chi connectivity index (χ3n) is 5.20. The smallest absolute Gasteiger partial charge is 0.0464 e. The van der Waals surface area contributed by atoms with Gasteiger partial charge < -0.3 is 10.1 Å². The molecule has 0 radical (unpaired) electrons. The lowest BCUT2D eigenvalue weighted by Gasteiger charge is -2.41. The molecule has 0 spiro atoms. The molecule has 0 heterocycles. The molecule has 1 aliphatic rings. The zero-order valence-corrected chi connectivity index (χ0v) is 13.7. The fraction of sp³-hybridized carbons (Fsp3) is 1.00. The summed E-state index contributed by atoms with van der Waals surface area (Å²) in [6.07, 6.45) is 5.49. The molecular weight excluding hydrogens is 234 g/mol. The second-order valence-electron chi connectivity index (χ2n) is 6.81. The highest BCUT2D eigenvalue weighted by atomic mass is 16.5. The molecule has 19 heavy (non-hydrogen) atoms. The van der Waals surface area contributed by atoms with Crippen LogP contribution in [0.15, 0.2) is 0 Å². The quantitative estimate of drug-likeness (QED) is 0.720. The lowest BCUT2D eigenvalue weighted by atomic mass is 9.66. The third kappa shape index (κ3) is 5.43. The van der Waals surface area contributed by atoms with E-state index in [4.69, 9.17) is 4.74 Å². The number of rotatable bonds is 8. The van der Waals surface area contributed by atoms with Crippen molar-refractivity contribution in [1.82, 2.24) is 5.32 Å². The van der Waals surface area contributed by atoms with Crippen LogP contribution in [0.4, 0.5) is 0 Å². The summed E-state index contributed by atoms with van der Waals surface area (Å²) in [6.45, 7) is 12.7. The van der Waals surface area contributed by atoms with E-state index >= 15 is 0 Å². The maximum absolute atomic E-state index is 5.28. The Morgan fingerprint density at radius 2 is 1.95 bits per heavy atom. The summed E-state index contributed by atoms with van der Waals surface area (Å²) in [5.41, 5.74) is 0. The zero-order chi connectivity index (χ0) is 14.3. The van der Waals surface area contributed by atoms with Gasteiger partial charge in [-0.2, -0.15) is 0 Å². The monoisotopic (exact) mass is 269 g/mol. The van der Waals surface area contributed by atoms with Crippen molar-refractivity contribution in [2.45, 2.75) is 53.4 Å². The van der Waals surface area contributed by atoms with E-state index in [0.717, 1.165) is 42.7 Å². The van der Waals surface area contributed by atoms with Gasteiger partial charge in [-0.1, -0.05) is 27.7 Å². The second kappa shape index (κ2) is 8.97. The maximum Gasteiger partial charge on any atom is 0.0464 e. The largest absolute Gasteiger partial charge is 0.385 e. The highest BCUT2D eigenvalue weighted by Crippen LogP contribution is 2.41. The first-order valence-corrected chi connectivity index (χ1v) is 8.29. The van der Waals surface area contributed by atoms with Crippen LogP contribution >= 0.6 is 0 Å². The lowest BCUT2D eigenvalue weighted by molar-refractivity contribution is 0.0829. The minimum atomic E-state index is 0.796. The molecule has 0 bridgehead atoms. The standard InChI is InChI=1S/C17H35NO/c1-6-18-12-16-8-7-15(13(2)3)11-17(16)14(4)9-10-19-5/h13-18H,6-12H2,1-5H3. The van der Waals surface area contributed by atoms with Crippen LogP contribution in [0.2, 0.25) is 0 Å². The molecule has 1 aliphatic carbocycles. The summed E-state index contributed by atoms with van der Waals surface area (Å²) < 4.78 is 5.28. The number of hydrogen-bond donors (Lipinski definition) is 1. The van der Waals surface area contributed by atoms with Crippen molar-refractivity contribution < 1.29 is 4.74 Å². The summed E-state index contributed by atoms with van der Waals surface area (Å²) in [5, 5.41) is 3.57. The predicted octanol–water partition coefficient (Wildman–Crippen LogP) is 3.96. The fourth-order valence-electron chi connectivity index (χ4n) is 3.71. The SMILES string of the molecule is CCNCC1CCC(C(C)C)CC1C(C)CCOC. The average Bonchev–Trinajstić information content (AvgIpc) is 2.42. The number of nitrogens with one attached hydrogen (secondary N) is 1. The van der Waals surface area contributed by atoms with Crippen molar-refractivity contribution in [1.29, 1.82) is 0 Å². The lowest BCUT2D eigenvalue weighted by Crippen LogP contribution is -2.37. The van der Waals surface area contributed by atoms with Crippen molar-refractivity contribution in [3.05, 3.63) is 0 Å². The second-order valence-corrected chi connectivity index (χ2v) is 6.81. The van der Waals surface area contributed by atoms with E-state index in [0.29, 0.717) is 0 Å². The zero-order valence-electron chi connectivity index (χ0n) is 13.7. The first-order valence-electron chi connectivity index (χ1n) is 8.29. The molecule has 0 aromatic heterocycles. The van der Waals surface area contributed by atoms with Crippen molar-refractivity contribution >= 4 is 0 Å². The van der Waals surface area contributed by atoms with Crippen LogP contribution in [0.5, 0.6) is 0 Å². The molecule has 0 aliphatic heterocycles. The van der Waals surface area contributed by atoms with Gasteiger partial charge in [-0.15, -0.1) is 0 Å². The Morgan fingerprint density at radius 3 is 2.53 bits per heavy atom. The van der Waals surface area contributed by atoms with E-state index in [-0.39, 0.29) is 0 Å². The van der Waals surface area contributed by atoms with Crippen LogP contribution in [-0.2, 0) is 4.74 Å². The molecule has 0 saturated heterocycles. The fourth-order valence-corrected chi connectivity index (χ4v) is 3.71. The van der Waals surface area contributed by atoms with Crippen LogP contribution in [0.3, 0.4) is 0 Å². The summed E-state index contributed by atoms with van der Waals surface area (Å²) in [4.78, 5) is 0. The highest BCUT2D eigenvalue weighted by molar-refractivity contribution is 4.85. The molecule has 0 amide bonds. The third-order valence-corrected chi connectivity index (χ3v) is 5.20. The Morgan fingerprint density at radius 1 is 1.21 bits per heavy atom. The van der Waals surface area contributed by atoms with Crippen LogP contribution in [-0.4, -0.2) is 26.8 Å². The van der Waals surface area contributed by atoms with Gasteiger partial charge in [-0.05, 0) is 68.4 Å². The Balaban J connectivity index is 2.58. The molecule has 4 unspecified atom stereocenters. The molecule has 114 valence electrons. The number of methoxy groups -OCH3 is 1. The molecule has 1 rings (SSSR count). The molecule has 2 nitrogen and oxygen atoms in total. The van der Waals surface area contributed by atoms with Crippen molar-refractivity contribution in [3.8, 4) is 0 Å². The molecule has 1 saturated carbocycles. The van der Waals surface area contributed by atoms with E-state index in [2.05, 4.69) is 33.0 Å². The summed E-state index contributed by atoms with van der Waals surface area (Å²) >= 11 is 0. The summed E-state index contributed by atoms with van der Waals surface area (Å²) in [7, 11) is 1.82. The van der Waals surface area contributed by atoms with Gasteiger partial charge in [-0.3, -0.25) is 0 Å². The van der Waals surface area contributed by atoms with E-state index in [1.807, 2.05) is 7.11 Å². The van der Waals surface area contributed by atoms with Gasteiger partial charge in [0, 0.05) is 13.7 Å². The summed E-state index contributed by atoms with van der Waals surface area (Å²) in [5.74, 6) is 4.34. The van der Waals surface area contributed by atoms with Crippen molar-refractivity contribution in [2.75, 3.05) is 26.8 Å². The van der Waals surface area contributed by atoms with Gasteiger partial charge in [0.05, 0.1) is 0 Å². The first-order chi connectivity index (χ1) is 9.10. The normalized spacial score (nSPS) is 29.7. The minimum Gasteiger partial charge on any atom is -0.385 e. The van der Waals surface area contributed by atoms with Crippen molar-refractivity contribution in [3.63, 3.8) is 0 Å². The van der Waals surface area contributed by atoms with Gasteiger partial charge in [-0.25, -0.2) is 0 Å². The number of ether oxygens (including phenoxy) is 1. The Kier molecular flexibility index (Phi) is 8.01. The average molecular weight is 269 g/mol. The van der Waals surface area contributed by atoms with Crippen LogP contribution in [0, 0.1) is 29.6 Å². The highest BCUT2D eigenvalue weighted by Gasteiger charge is 2.34. The van der Waals surface area contributed by atoms with Crippen molar-refractivity contribution in [2.24, 2.45) is 29.6 Å². The predicted molar refractivity (Wildman–Crippen MR) is 83.4 cm³/mol. The first kappa shape index (κ1) is 17.0. The van der Waals surface area contributed by atoms with E-state index < -0.39 is 0 Å². The molecule has 4 atom stereocenters. The van der Waals surface area contributed by atoms with Crippen LogP contribution in [0.1, 0.15) is 53.4 Å². The Bertz CT molecular complexity index is 229. The van der Waals surface area contributed by atoms with E-state index in [1.165, 1.54) is 32.2 Å². The van der Waals surface area contributed by atoms with E-state index in [1.54, 1.807) is 0 Å². The van der Waals surface area contributed by atoms with Gasteiger partial charge in [0.25, 0.3) is 0 Å². The van der Waals surface area contributed by atoms with Gasteiger partial charge in [0.15, 0.2) is 0 Å². The van der Waals surface area contributed by atoms with Gasteiger partial charge in [0.2, 0.25) is 0 Å². The topological polar surface area (TPSA) is 21.3 Å². The molecular formula is C17H35NO. The molecule has 0 aromatic carbocycles. The number of hydrogen-bond acceptors (Lipinski definition) is 2. The van der Waals surface area contributed by atoms with Crippen LogP contribution < -0.4 is 5.32 Å². The summed E-state index contributed by atoms with van der Waals surface area (Å²) in [6, 6.07) is 0. The molecule has 1 N–H and O–H groups in total. The minimum absolute atomic E-state index is 0.796. The van der Waals surface area contributed by atoms with Crippen LogP contribution in [0.25, 0.3) is 0 Å². The molecule has 1 fully saturated rings. The van der Waals surface area contributed by atoms with Gasteiger partial charge >= 0.3 is 0 Å². The van der Waals surface area contributed by atoms with Gasteiger partial charge in [0.1, 0.15) is 0 Å². The maximum atomic E-state index is 5.28. The molecule has 2 heteroatoms. The Labute approximate surface area is 120 Å². The van der Waals surface area contributed by atoms with E-state index in [9.17, 15) is 0 Å². The Hall–Kier alpha value is -0.0800.